The van der Waals surface area contributed by atoms with E-state index >= 15 is 0 Å². The normalized spacial score (nSPS) is 10.8. The minimum Gasteiger partial charge on any atom is -0.461 e. The first-order chi connectivity index (χ1) is 10.2. The Labute approximate surface area is 127 Å². The summed E-state index contributed by atoms with van der Waals surface area (Å²) in [5.41, 5.74) is 3.46. The Hall–Kier alpha value is -2.26. The van der Waals surface area contributed by atoms with Crippen molar-refractivity contribution >= 4 is 28.5 Å². The minimum atomic E-state index is -0.337. The molecule has 0 spiro atoms. The summed E-state index contributed by atoms with van der Waals surface area (Å²) < 4.78 is 5.03. The second kappa shape index (κ2) is 5.62. The van der Waals surface area contributed by atoms with Crippen LogP contribution in [0, 0.1) is 0 Å². The number of halogens is 1. The Balaban J connectivity index is 2.11. The van der Waals surface area contributed by atoms with Crippen LogP contribution in [-0.4, -0.2) is 17.6 Å². The third-order valence-electron chi connectivity index (χ3n) is 3.31. The first-order valence-electron chi connectivity index (χ1n) is 6.74. The summed E-state index contributed by atoms with van der Waals surface area (Å²) >= 11 is 5.93. The lowest BCUT2D eigenvalue weighted by molar-refractivity contribution is 0.0520. The molecule has 0 amide bonds. The van der Waals surface area contributed by atoms with Gasteiger partial charge in [0, 0.05) is 16.0 Å². The predicted molar refractivity (Wildman–Crippen MR) is 84.7 cm³/mol. The van der Waals surface area contributed by atoms with Gasteiger partial charge in [0.2, 0.25) is 0 Å². The molecule has 0 atom stereocenters. The van der Waals surface area contributed by atoms with Crippen LogP contribution >= 0.6 is 11.6 Å². The van der Waals surface area contributed by atoms with Crippen LogP contribution in [0.3, 0.4) is 0 Å². The molecule has 0 bridgehead atoms. The van der Waals surface area contributed by atoms with Crippen molar-refractivity contribution in [3.05, 3.63) is 59.2 Å². The van der Waals surface area contributed by atoms with E-state index in [9.17, 15) is 4.79 Å². The molecule has 0 aliphatic rings. The number of H-pyrrole nitrogens is 1. The van der Waals surface area contributed by atoms with Crippen LogP contribution < -0.4 is 0 Å². The molecule has 3 rings (SSSR count). The fourth-order valence-corrected chi connectivity index (χ4v) is 2.47. The number of rotatable bonds is 3. The molecule has 0 saturated heterocycles. The molecule has 0 saturated carbocycles. The van der Waals surface area contributed by atoms with Crippen LogP contribution in [0.1, 0.15) is 17.4 Å². The Morgan fingerprint density at radius 2 is 1.95 bits per heavy atom. The summed E-state index contributed by atoms with van der Waals surface area (Å²) in [7, 11) is 0. The topological polar surface area (TPSA) is 42.1 Å². The van der Waals surface area contributed by atoms with Crippen molar-refractivity contribution in [2.45, 2.75) is 6.92 Å². The second-order valence-corrected chi connectivity index (χ2v) is 5.12. The monoisotopic (exact) mass is 299 g/mol. The summed E-state index contributed by atoms with van der Waals surface area (Å²) in [5.74, 6) is -0.337. The Morgan fingerprint density at radius 1 is 1.19 bits per heavy atom. The molecule has 106 valence electrons. The van der Waals surface area contributed by atoms with E-state index in [1.54, 1.807) is 6.92 Å². The molecule has 21 heavy (non-hydrogen) atoms. The van der Waals surface area contributed by atoms with Gasteiger partial charge in [-0.1, -0.05) is 41.9 Å². The zero-order valence-corrected chi connectivity index (χ0v) is 12.3. The fourth-order valence-electron chi connectivity index (χ4n) is 2.35. The van der Waals surface area contributed by atoms with Crippen LogP contribution in [0.2, 0.25) is 5.02 Å². The van der Waals surface area contributed by atoms with E-state index in [0.29, 0.717) is 17.3 Å². The summed E-state index contributed by atoms with van der Waals surface area (Å²) in [6.45, 7) is 2.15. The molecule has 0 aliphatic carbocycles. The number of hydrogen-bond donors (Lipinski definition) is 1. The van der Waals surface area contributed by atoms with Crippen molar-refractivity contribution in [1.29, 1.82) is 0 Å². The Bertz CT molecular complexity index is 790. The van der Waals surface area contributed by atoms with Gasteiger partial charge in [-0.15, -0.1) is 0 Å². The van der Waals surface area contributed by atoms with Crippen LogP contribution in [0.25, 0.3) is 22.0 Å². The van der Waals surface area contributed by atoms with Crippen LogP contribution in [0.5, 0.6) is 0 Å². The molecular formula is C17H14ClNO2. The highest BCUT2D eigenvalue weighted by Gasteiger charge is 2.12. The first-order valence-corrected chi connectivity index (χ1v) is 7.11. The average molecular weight is 300 g/mol. The molecule has 2 aromatic carbocycles. The highest BCUT2D eigenvalue weighted by Crippen LogP contribution is 2.29. The average Bonchev–Trinajstić information content (AvgIpc) is 2.92. The van der Waals surface area contributed by atoms with Gasteiger partial charge < -0.3 is 9.72 Å². The number of aromatic amines is 1. The summed E-state index contributed by atoms with van der Waals surface area (Å²) in [6, 6.07) is 15.4. The maximum absolute atomic E-state index is 11.8. The molecule has 0 unspecified atom stereocenters. The molecule has 3 nitrogen and oxygen atoms in total. The highest BCUT2D eigenvalue weighted by molar-refractivity contribution is 6.30. The van der Waals surface area contributed by atoms with Crippen molar-refractivity contribution < 1.29 is 9.53 Å². The van der Waals surface area contributed by atoms with Crippen molar-refractivity contribution in [2.24, 2.45) is 0 Å². The quantitative estimate of drug-likeness (QED) is 0.714. The number of nitrogens with one attached hydrogen (secondary N) is 1. The molecule has 0 radical (unpaired) electrons. The third-order valence-corrected chi connectivity index (χ3v) is 3.56. The zero-order chi connectivity index (χ0) is 14.8. The number of benzene rings is 2. The van der Waals surface area contributed by atoms with E-state index in [1.807, 2.05) is 48.5 Å². The van der Waals surface area contributed by atoms with Gasteiger partial charge in [0.15, 0.2) is 0 Å². The van der Waals surface area contributed by atoms with Gasteiger partial charge in [-0.25, -0.2) is 4.79 Å². The Kier molecular flexibility index (Phi) is 3.67. The van der Waals surface area contributed by atoms with Crippen molar-refractivity contribution in [3.8, 4) is 11.1 Å². The van der Waals surface area contributed by atoms with Gasteiger partial charge in [-0.05, 0) is 30.7 Å². The van der Waals surface area contributed by atoms with E-state index in [0.717, 1.165) is 22.0 Å². The predicted octanol–water partition coefficient (Wildman–Crippen LogP) is 4.67. The molecule has 1 heterocycles. The van der Waals surface area contributed by atoms with Gasteiger partial charge in [-0.2, -0.15) is 0 Å². The first kappa shape index (κ1) is 13.7. The molecular weight excluding hydrogens is 286 g/mol. The Morgan fingerprint density at radius 3 is 2.67 bits per heavy atom. The highest BCUT2D eigenvalue weighted by atomic mass is 35.5. The van der Waals surface area contributed by atoms with Crippen molar-refractivity contribution in [1.82, 2.24) is 4.98 Å². The number of fused-ring (bicyclic) bond motifs is 1. The smallest absolute Gasteiger partial charge is 0.354 e. The maximum Gasteiger partial charge on any atom is 0.354 e. The molecule has 1 N–H and O–H groups in total. The second-order valence-electron chi connectivity index (χ2n) is 4.68. The SMILES string of the molecule is CCOC(=O)c1cc2cccc(-c3ccc(Cl)cc3)c2[nH]1. The van der Waals surface area contributed by atoms with Crippen LogP contribution in [0.15, 0.2) is 48.5 Å². The minimum absolute atomic E-state index is 0.337. The van der Waals surface area contributed by atoms with E-state index < -0.39 is 0 Å². The van der Waals surface area contributed by atoms with Crippen LogP contribution in [0.4, 0.5) is 0 Å². The number of hydrogen-bond acceptors (Lipinski definition) is 2. The maximum atomic E-state index is 11.8. The number of aromatic nitrogens is 1. The number of carbonyl (C=O) groups is 1. The zero-order valence-electron chi connectivity index (χ0n) is 11.5. The fraction of sp³-hybridized carbons (Fsp3) is 0.118. The molecule has 0 fully saturated rings. The number of para-hydroxylation sites is 1. The van der Waals surface area contributed by atoms with Gasteiger partial charge in [-0.3, -0.25) is 0 Å². The number of carbonyl (C=O) groups excluding carboxylic acids is 1. The number of ether oxygens (including phenoxy) is 1. The van der Waals surface area contributed by atoms with E-state index in [-0.39, 0.29) is 5.97 Å². The third kappa shape index (κ3) is 2.65. The molecule has 1 aromatic heterocycles. The van der Waals surface area contributed by atoms with Gasteiger partial charge in [0.25, 0.3) is 0 Å². The standard InChI is InChI=1S/C17H14ClNO2/c1-2-21-17(20)15-10-12-4-3-5-14(16(12)19-15)11-6-8-13(18)9-7-11/h3-10,19H,2H2,1H3. The van der Waals surface area contributed by atoms with E-state index in [2.05, 4.69) is 4.98 Å². The van der Waals surface area contributed by atoms with Gasteiger partial charge in [0.05, 0.1) is 12.1 Å². The van der Waals surface area contributed by atoms with E-state index in [4.69, 9.17) is 16.3 Å². The van der Waals surface area contributed by atoms with E-state index in [1.165, 1.54) is 0 Å². The molecule has 0 aliphatic heterocycles. The largest absolute Gasteiger partial charge is 0.461 e. The lowest BCUT2D eigenvalue weighted by Gasteiger charge is -2.04. The van der Waals surface area contributed by atoms with Gasteiger partial charge >= 0.3 is 5.97 Å². The van der Waals surface area contributed by atoms with Crippen molar-refractivity contribution in [3.63, 3.8) is 0 Å². The van der Waals surface area contributed by atoms with Crippen molar-refractivity contribution in [2.75, 3.05) is 6.61 Å². The summed E-state index contributed by atoms with van der Waals surface area (Å²) in [5, 5.41) is 1.68. The summed E-state index contributed by atoms with van der Waals surface area (Å²) in [6.07, 6.45) is 0. The number of esters is 1. The van der Waals surface area contributed by atoms with Gasteiger partial charge in [0.1, 0.15) is 5.69 Å². The summed E-state index contributed by atoms with van der Waals surface area (Å²) in [4.78, 5) is 15.0. The molecule has 3 aromatic rings. The lowest BCUT2D eigenvalue weighted by atomic mass is 10.0. The van der Waals surface area contributed by atoms with Crippen LogP contribution in [-0.2, 0) is 4.74 Å². The molecule has 4 heteroatoms. The lowest BCUT2D eigenvalue weighted by Crippen LogP contribution is -2.04.